The minimum atomic E-state index is -0.469. The number of thiophene rings is 2. The van der Waals surface area contributed by atoms with Gasteiger partial charge in [0.2, 0.25) is 5.91 Å². The molecule has 0 bridgehead atoms. The number of rotatable bonds is 6. The molecule has 154 valence electrons. The van der Waals surface area contributed by atoms with Gasteiger partial charge in [-0.05, 0) is 36.9 Å². The van der Waals surface area contributed by atoms with E-state index in [1.807, 2.05) is 31.4 Å². The molecule has 30 heavy (non-hydrogen) atoms. The minimum Gasteiger partial charge on any atom is -0.465 e. The molecule has 1 amide bonds. The summed E-state index contributed by atoms with van der Waals surface area (Å²) in [4.78, 5) is 31.4. The predicted octanol–water partition coefficient (Wildman–Crippen LogP) is 4.52. The van der Waals surface area contributed by atoms with E-state index in [-0.39, 0.29) is 12.5 Å². The van der Waals surface area contributed by atoms with Crippen LogP contribution in [0, 0.1) is 6.92 Å². The molecule has 9 heteroatoms. The van der Waals surface area contributed by atoms with Crippen molar-refractivity contribution in [1.29, 1.82) is 0 Å². The number of nitrogens with one attached hydrogen (secondary N) is 1. The highest BCUT2D eigenvalue weighted by atomic mass is 32.1. The lowest BCUT2D eigenvalue weighted by atomic mass is 10.1. The average Bonchev–Trinajstić information content (AvgIpc) is 3.47. The highest BCUT2D eigenvalue weighted by Crippen LogP contribution is 2.33. The summed E-state index contributed by atoms with van der Waals surface area (Å²) in [5.41, 5.74) is 2.89. The maximum absolute atomic E-state index is 12.8. The molecule has 0 unspecified atom stereocenters. The molecule has 4 heterocycles. The number of hydrogen-bond donors (Lipinski definition) is 1. The number of nitrogens with zero attached hydrogens (tertiary/aromatic N) is 3. The van der Waals surface area contributed by atoms with Crippen molar-refractivity contribution in [3.63, 3.8) is 0 Å². The number of methoxy groups -OCH3 is 1. The molecule has 0 aliphatic heterocycles. The number of carbonyl (C=O) groups excluding carboxylic acids is 2. The number of ether oxygens (including phenoxy) is 1. The van der Waals surface area contributed by atoms with Crippen LogP contribution < -0.4 is 5.32 Å². The quantitative estimate of drug-likeness (QED) is 0.446. The molecule has 0 saturated carbocycles. The second kappa shape index (κ2) is 8.37. The zero-order valence-corrected chi connectivity index (χ0v) is 18.4. The number of aryl methyl sites for hydroxylation is 2. The fraction of sp³-hybridized carbons (Fsp3) is 0.238. The number of amides is 1. The van der Waals surface area contributed by atoms with Crippen LogP contribution in [0.25, 0.3) is 21.5 Å². The molecule has 0 atom stereocenters. The van der Waals surface area contributed by atoms with Crippen LogP contribution in [0.1, 0.15) is 27.9 Å². The molecule has 4 rings (SSSR count). The largest absolute Gasteiger partial charge is 0.465 e. The third kappa shape index (κ3) is 3.73. The molecule has 1 N–H and O–H groups in total. The summed E-state index contributed by atoms with van der Waals surface area (Å²) in [6.07, 6.45) is 2.50. The van der Waals surface area contributed by atoms with Crippen molar-refractivity contribution in [2.75, 3.05) is 12.4 Å². The fourth-order valence-corrected chi connectivity index (χ4v) is 5.06. The summed E-state index contributed by atoms with van der Waals surface area (Å²) in [5, 5.41) is 10.8. The van der Waals surface area contributed by atoms with Gasteiger partial charge in [-0.1, -0.05) is 13.0 Å². The number of hydrogen-bond acceptors (Lipinski definition) is 7. The summed E-state index contributed by atoms with van der Waals surface area (Å²) in [5.74, 6) is -0.749. The van der Waals surface area contributed by atoms with Gasteiger partial charge < -0.3 is 10.1 Å². The van der Waals surface area contributed by atoms with Crippen molar-refractivity contribution in [2.45, 2.75) is 26.8 Å². The van der Waals surface area contributed by atoms with Crippen LogP contribution in [0.2, 0.25) is 0 Å². The van der Waals surface area contributed by atoms with E-state index in [1.54, 1.807) is 28.3 Å². The molecule has 7 nitrogen and oxygen atoms in total. The van der Waals surface area contributed by atoms with Crippen LogP contribution in [0.3, 0.4) is 0 Å². The molecule has 0 spiro atoms. The van der Waals surface area contributed by atoms with Gasteiger partial charge in [-0.25, -0.2) is 14.5 Å². The monoisotopic (exact) mass is 440 g/mol. The van der Waals surface area contributed by atoms with Crippen molar-refractivity contribution < 1.29 is 14.3 Å². The topological polar surface area (TPSA) is 86.1 Å². The Morgan fingerprint density at radius 2 is 2.13 bits per heavy atom. The smallest absolute Gasteiger partial charge is 0.340 e. The zero-order chi connectivity index (χ0) is 21.3. The highest BCUT2D eigenvalue weighted by Gasteiger charge is 2.20. The molecule has 0 saturated heterocycles. The van der Waals surface area contributed by atoms with E-state index in [2.05, 4.69) is 21.5 Å². The van der Waals surface area contributed by atoms with E-state index < -0.39 is 5.97 Å². The first-order valence-electron chi connectivity index (χ1n) is 9.38. The van der Waals surface area contributed by atoms with Gasteiger partial charge in [0.15, 0.2) is 5.65 Å². The molecule has 0 aliphatic carbocycles. The third-order valence-corrected chi connectivity index (χ3v) is 6.78. The SMILES string of the molecule is CCc1cc(C(=O)OC)c(NC(=O)Cn2nc(C)c3c(-c4cccs4)ccnc32)s1. The number of pyridine rings is 1. The molecule has 0 radical (unpaired) electrons. The first kappa shape index (κ1) is 20.2. The molecule has 4 aromatic heterocycles. The van der Waals surface area contributed by atoms with Crippen LogP contribution in [0.5, 0.6) is 0 Å². The Morgan fingerprint density at radius 3 is 2.83 bits per heavy atom. The van der Waals surface area contributed by atoms with Crippen molar-refractivity contribution in [3.05, 3.63) is 52.0 Å². The van der Waals surface area contributed by atoms with Gasteiger partial charge in [0, 0.05) is 21.5 Å². The molecule has 4 aromatic rings. The van der Waals surface area contributed by atoms with E-state index in [1.165, 1.54) is 18.4 Å². The minimum absolute atomic E-state index is 0.00873. The van der Waals surface area contributed by atoms with E-state index in [0.717, 1.165) is 32.8 Å². The van der Waals surface area contributed by atoms with Crippen LogP contribution in [-0.2, 0) is 22.5 Å². The van der Waals surface area contributed by atoms with Gasteiger partial charge in [-0.2, -0.15) is 5.10 Å². The van der Waals surface area contributed by atoms with Crippen LogP contribution in [-0.4, -0.2) is 33.8 Å². The lowest BCUT2D eigenvalue weighted by molar-refractivity contribution is -0.116. The van der Waals surface area contributed by atoms with Gasteiger partial charge in [-0.15, -0.1) is 22.7 Å². The number of carbonyl (C=O) groups is 2. The van der Waals surface area contributed by atoms with Gasteiger partial charge in [0.1, 0.15) is 11.5 Å². The third-order valence-electron chi connectivity index (χ3n) is 4.68. The summed E-state index contributed by atoms with van der Waals surface area (Å²) in [6.45, 7) is 3.90. The molecular formula is C21H20N4O3S2. The Kier molecular flexibility index (Phi) is 5.65. The molecule has 0 fully saturated rings. The summed E-state index contributed by atoms with van der Waals surface area (Å²) < 4.78 is 6.43. The van der Waals surface area contributed by atoms with E-state index in [4.69, 9.17) is 4.74 Å². The van der Waals surface area contributed by atoms with Crippen LogP contribution in [0.15, 0.2) is 35.8 Å². The maximum Gasteiger partial charge on any atom is 0.340 e. The van der Waals surface area contributed by atoms with Gasteiger partial charge in [0.05, 0.1) is 23.8 Å². The summed E-state index contributed by atoms with van der Waals surface area (Å²) in [6, 6.07) is 7.78. The van der Waals surface area contributed by atoms with Crippen LogP contribution in [0.4, 0.5) is 5.00 Å². The Bertz CT molecular complexity index is 1220. The van der Waals surface area contributed by atoms with Gasteiger partial charge in [-0.3, -0.25) is 4.79 Å². The van der Waals surface area contributed by atoms with Crippen LogP contribution >= 0.6 is 22.7 Å². The summed E-state index contributed by atoms with van der Waals surface area (Å²) >= 11 is 3.02. The number of anilines is 1. The Hall–Kier alpha value is -3.04. The Balaban J connectivity index is 1.63. The zero-order valence-electron chi connectivity index (χ0n) is 16.8. The van der Waals surface area contributed by atoms with Gasteiger partial charge in [0.25, 0.3) is 0 Å². The lowest BCUT2D eigenvalue weighted by Crippen LogP contribution is -2.20. The molecule has 0 aliphatic rings. The number of aromatic nitrogens is 3. The second-order valence-corrected chi connectivity index (χ2v) is 8.71. The van der Waals surface area contributed by atoms with E-state index in [9.17, 15) is 9.59 Å². The first-order valence-corrected chi connectivity index (χ1v) is 11.1. The second-order valence-electron chi connectivity index (χ2n) is 6.63. The van der Waals surface area contributed by atoms with Gasteiger partial charge >= 0.3 is 5.97 Å². The van der Waals surface area contributed by atoms with Crippen molar-refractivity contribution >= 4 is 50.6 Å². The number of esters is 1. The Labute approximate surface area is 181 Å². The van der Waals surface area contributed by atoms with E-state index in [0.29, 0.717) is 16.2 Å². The van der Waals surface area contributed by atoms with Crippen molar-refractivity contribution in [3.8, 4) is 10.4 Å². The standard InChI is InChI=1S/C21H20N4O3S2/c1-4-13-10-15(21(27)28-3)20(30-13)23-17(26)11-25-19-18(12(2)24-25)14(7-8-22-19)16-6-5-9-29-16/h5-10H,4,11H2,1-3H3,(H,23,26). The predicted molar refractivity (Wildman–Crippen MR) is 119 cm³/mol. The lowest BCUT2D eigenvalue weighted by Gasteiger charge is -2.06. The maximum atomic E-state index is 12.8. The molecular weight excluding hydrogens is 420 g/mol. The highest BCUT2D eigenvalue weighted by molar-refractivity contribution is 7.16. The summed E-state index contributed by atoms with van der Waals surface area (Å²) in [7, 11) is 1.33. The normalized spacial score (nSPS) is 11.0. The molecule has 0 aromatic carbocycles. The number of fused-ring (bicyclic) bond motifs is 1. The van der Waals surface area contributed by atoms with Crippen molar-refractivity contribution in [2.24, 2.45) is 0 Å². The van der Waals surface area contributed by atoms with E-state index >= 15 is 0 Å². The fourth-order valence-electron chi connectivity index (χ4n) is 3.30. The Morgan fingerprint density at radius 1 is 1.30 bits per heavy atom. The first-order chi connectivity index (χ1) is 14.5. The van der Waals surface area contributed by atoms with Crippen molar-refractivity contribution in [1.82, 2.24) is 14.8 Å². The average molecular weight is 441 g/mol.